The molecule has 1 N–H and O–H groups in total. The van der Waals surface area contributed by atoms with Gasteiger partial charge in [-0.3, -0.25) is 9.59 Å². The van der Waals surface area contributed by atoms with Crippen molar-refractivity contribution >= 4 is 23.4 Å². The lowest BCUT2D eigenvalue weighted by Gasteiger charge is -2.25. The summed E-state index contributed by atoms with van der Waals surface area (Å²) in [4.78, 5) is 43.9. The number of fused-ring (bicyclic) bond motifs is 1. The van der Waals surface area contributed by atoms with Gasteiger partial charge in [-0.1, -0.05) is 12.1 Å². The van der Waals surface area contributed by atoms with Gasteiger partial charge < -0.3 is 24.0 Å². The van der Waals surface area contributed by atoms with Crippen LogP contribution in [0, 0.1) is 0 Å². The summed E-state index contributed by atoms with van der Waals surface area (Å²) in [5, 5.41) is 11.4. The molecule has 37 heavy (non-hydrogen) atoms. The quantitative estimate of drug-likeness (QED) is 0.228. The Labute approximate surface area is 213 Å². The molecular weight excluding hydrogens is 474 g/mol. The topological polar surface area (TPSA) is 111 Å². The number of imidazole rings is 1. The van der Waals surface area contributed by atoms with E-state index in [0.29, 0.717) is 42.6 Å². The van der Waals surface area contributed by atoms with Gasteiger partial charge in [-0.05, 0) is 54.8 Å². The number of ether oxygens (including phenoxy) is 2. The van der Waals surface area contributed by atoms with Gasteiger partial charge in [-0.15, -0.1) is 0 Å². The molecular formula is C28H27N3O6. The summed E-state index contributed by atoms with van der Waals surface area (Å²) >= 11 is 0. The third-order valence-corrected chi connectivity index (χ3v) is 6.73. The predicted molar refractivity (Wildman–Crippen MR) is 134 cm³/mol. The highest BCUT2D eigenvalue weighted by molar-refractivity contribution is 6.46. The molecule has 2 aliphatic rings. The minimum atomic E-state index is -0.807. The summed E-state index contributed by atoms with van der Waals surface area (Å²) in [6.07, 6.45) is 6.50. The Morgan fingerprint density at radius 1 is 1.14 bits per heavy atom. The van der Waals surface area contributed by atoms with Crippen molar-refractivity contribution in [3.8, 4) is 5.75 Å². The highest BCUT2D eigenvalue weighted by Crippen LogP contribution is 2.40. The Morgan fingerprint density at radius 2 is 1.89 bits per heavy atom. The van der Waals surface area contributed by atoms with Crippen LogP contribution in [0.25, 0.3) is 5.76 Å². The van der Waals surface area contributed by atoms with Gasteiger partial charge in [-0.2, -0.15) is 0 Å². The lowest BCUT2D eigenvalue weighted by atomic mass is 9.94. The van der Waals surface area contributed by atoms with E-state index in [9.17, 15) is 19.5 Å². The van der Waals surface area contributed by atoms with Crippen LogP contribution >= 0.6 is 0 Å². The second-order valence-electron chi connectivity index (χ2n) is 9.22. The van der Waals surface area contributed by atoms with Gasteiger partial charge in [0.25, 0.3) is 11.7 Å². The van der Waals surface area contributed by atoms with Crippen molar-refractivity contribution < 1.29 is 29.0 Å². The number of hydrogen-bond donors (Lipinski definition) is 1. The molecule has 2 atom stereocenters. The van der Waals surface area contributed by atoms with Gasteiger partial charge in [0, 0.05) is 37.5 Å². The van der Waals surface area contributed by atoms with E-state index in [1.165, 1.54) is 12.0 Å². The molecule has 5 rings (SSSR count). The number of methoxy groups -OCH3 is 1. The molecule has 0 saturated carbocycles. The van der Waals surface area contributed by atoms with Crippen molar-refractivity contribution in [3.63, 3.8) is 0 Å². The van der Waals surface area contributed by atoms with E-state index in [1.807, 2.05) is 17.7 Å². The van der Waals surface area contributed by atoms with Crippen molar-refractivity contribution in [2.75, 3.05) is 13.7 Å². The number of esters is 1. The highest BCUT2D eigenvalue weighted by Gasteiger charge is 2.46. The fourth-order valence-corrected chi connectivity index (χ4v) is 4.94. The number of aliphatic hydroxyl groups is 1. The van der Waals surface area contributed by atoms with E-state index in [2.05, 4.69) is 4.98 Å². The number of Topliss-reactive ketones (excluding diaryl/α,β-unsaturated/α-hetero) is 1. The number of carbonyl (C=O) groups excluding carboxylic acids is 3. The number of rotatable bonds is 7. The van der Waals surface area contributed by atoms with E-state index in [0.717, 1.165) is 11.3 Å². The van der Waals surface area contributed by atoms with Gasteiger partial charge in [0.1, 0.15) is 17.6 Å². The van der Waals surface area contributed by atoms with Crippen LogP contribution in [-0.4, -0.2) is 57.0 Å². The number of aryl methyl sites for hydroxylation is 1. The van der Waals surface area contributed by atoms with Gasteiger partial charge >= 0.3 is 5.97 Å². The number of hydrogen-bond acceptors (Lipinski definition) is 7. The molecule has 0 bridgehead atoms. The smallest absolute Gasteiger partial charge is 0.337 e. The largest absolute Gasteiger partial charge is 0.507 e. The van der Waals surface area contributed by atoms with E-state index in [4.69, 9.17) is 9.47 Å². The van der Waals surface area contributed by atoms with Crippen LogP contribution < -0.4 is 4.74 Å². The van der Waals surface area contributed by atoms with Crippen LogP contribution in [-0.2, 0) is 27.3 Å². The van der Waals surface area contributed by atoms with Crippen molar-refractivity contribution in [1.82, 2.24) is 14.5 Å². The van der Waals surface area contributed by atoms with E-state index < -0.39 is 23.7 Å². The second kappa shape index (κ2) is 9.93. The number of benzene rings is 2. The SMILES string of the molecule is COC(=O)c1ccc(C2C(=C(O)c3ccc4c(c3)CC(C)O4)C(=O)C(=O)N2CCCn2ccnc2)cc1. The average Bonchev–Trinajstić information content (AvgIpc) is 3.62. The molecule has 190 valence electrons. The molecule has 0 aliphatic carbocycles. The summed E-state index contributed by atoms with van der Waals surface area (Å²) in [5.74, 6) is -1.39. The Kier molecular flexibility index (Phi) is 6.52. The Hall–Kier alpha value is -4.40. The molecule has 3 aromatic rings. The first-order valence-corrected chi connectivity index (χ1v) is 12.1. The Morgan fingerprint density at radius 3 is 2.59 bits per heavy atom. The fraction of sp³-hybridized carbons (Fsp3) is 0.286. The van der Waals surface area contributed by atoms with E-state index in [1.54, 1.807) is 55.0 Å². The summed E-state index contributed by atoms with van der Waals surface area (Å²) in [7, 11) is 1.30. The van der Waals surface area contributed by atoms with Crippen LogP contribution in [0.15, 0.2) is 66.8 Å². The number of carbonyl (C=O) groups is 3. The lowest BCUT2D eigenvalue weighted by Crippen LogP contribution is -2.31. The Balaban J connectivity index is 1.53. The molecule has 3 heterocycles. The highest BCUT2D eigenvalue weighted by atomic mass is 16.5. The van der Waals surface area contributed by atoms with Crippen molar-refractivity contribution in [2.45, 2.75) is 38.5 Å². The molecule has 1 fully saturated rings. The molecule has 9 heteroatoms. The zero-order valence-electron chi connectivity index (χ0n) is 20.6. The number of amides is 1. The number of likely N-dealkylation sites (tertiary alicyclic amines) is 1. The number of ketones is 1. The van der Waals surface area contributed by atoms with Gasteiger partial charge in [0.15, 0.2) is 0 Å². The maximum Gasteiger partial charge on any atom is 0.337 e. The average molecular weight is 502 g/mol. The van der Waals surface area contributed by atoms with E-state index >= 15 is 0 Å². The summed E-state index contributed by atoms with van der Waals surface area (Å²) < 4.78 is 12.4. The minimum Gasteiger partial charge on any atom is -0.507 e. The molecule has 1 saturated heterocycles. The molecule has 2 aliphatic heterocycles. The standard InChI is InChI=1S/C28H27N3O6/c1-17-14-21-15-20(8-9-22(21)37-17)25(32)23-24(18-4-6-19(7-5-18)28(35)36-2)31(27(34)26(23)33)12-3-11-30-13-10-29-16-30/h4-10,13,15-17,24,32H,3,11-12,14H2,1-2H3. The van der Waals surface area contributed by atoms with Gasteiger partial charge in [-0.25, -0.2) is 9.78 Å². The lowest BCUT2D eigenvalue weighted by molar-refractivity contribution is -0.139. The maximum absolute atomic E-state index is 13.3. The number of aliphatic hydroxyl groups excluding tert-OH is 1. The van der Waals surface area contributed by atoms with Crippen molar-refractivity contribution in [2.24, 2.45) is 0 Å². The first-order valence-electron chi connectivity index (χ1n) is 12.1. The molecule has 2 unspecified atom stereocenters. The minimum absolute atomic E-state index is 0.0189. The molecule has 2 aromatic carbocycles. The molecule has 1 amide bonds. The van der Waals surface area contributed by atoms with Crippen LogP contribution in [0.4, 0.5) is 0 Å². The summed E-state index contributed by atoms with van der Waals surface area (Å²) in [6.45, 7) is 2.87. The Bertz CT molecular complexity index is 1380. The van der Waals surface area contributed by atoms with Gasteiger partial charge in [0.2, 0.25) is 0 Å². The van der Waals surface area contributed by atoms with Gasteiger partial charge in [0.05, 0.1) is 30.6 Å². The molecule has 9 nitrogen and oxygen atoms in total. The maximum atomic E-state index is 13.3. The monoisotopic (exact) mass is 501 g/mol. The zero-order valence-corrected chi connectivity index (χ0v) is 20.6. The fourth-order valence-electron chi connectivity index (χ4n) is 4.94. The second-order valence-corrected chi connectivity index (χ2v) is 9.22. The normalized spacial score (nSPS) is 20.1. The molecule has 0 spiro atoms. The third kappa shape index (κ3) is 4.60. The zero-order chi connectivity index (χ0) is 26.1. The van der Waals surface area contributed by atoms with E-state index in [-0.39, 0.29) is 17.4 Å². The predicted octanol–water partition coefficient (Wildman–Crippen LogP) is 3.51. The first-order chi connectivity index (χ1) is 17.9. The summed E-state index contributed by atoms with van der Waals surface area (Å²) in [6, 6.07) is 11.0. The number of nitrogens with zero attached hydrogens (tertiary/aromatic N) is 3. The third-order valence-electron chi connectivity index (χ3n) is 6.73. The molecule has 0 radical (unpaired) electrons. The van der Waals surface area contributed by atoms with Crippen LogP contribution in [0.3, 0.4) is 0 Å². The van der Waals surface area contributed by atoms with Crippen LogP contribution in [0.1, 0.15) is 46.4 Å². The van der Waals surface area contributed by atoms with Crippen LogP contribution in [0.2, 0.25) is 0 Å². The molecule has 1 aromatic heterocycles. The first kappa shape index (κ1) is 24.3. The number of aromatic nitrogens is 2. The van der Waals surface area contributed by atoms with Crippen molar-refractivity contribution in [3.05, 3.63) is 89.0 Å². The van der Waals surface area contributed by atoms with Crippen molar-refractivity contribution in [1.29, 1.82) is 0 Å². The summed E-state index contributed by atoms with van der Waals surface area (Å²) in [5.41, 5.74) is 2.35. The van der Waals surface area contributed by atoms with Crippen LogP contribution in [0.5, 0.6) is 5.75 Å².